The van der Waals surface area contributed by atoms with E-state index in [-0.39, 0.29) is 0 Å². The molecule has 96 valence electrons. The fourth-order valence-corrected chi connectivity index (χ4v) is 1.22. The molecular formula is C10H14O7. The first kappa shape index (κ1) is 15.6. The van der Waals surface area contributed by atoms with Crippen LogP contribution in [0.4, 0.5) is 0 Å². The molecule has 7 nitrogen and oxygen atoms in total. The van der Waals surface area contributed by atoms with Crippen LogP contribution < -0.4 is 0 Å². The molecule has 0 fully saturated rings. The minimum atomic E-state index is -3.10. The monoisotopic (exact) mass is 246 g/mol. The molecule has 3 atom stereocenters. The summed E-state index contributed by atoms with van der Waals surface area (Å²) in [4.78, 5) is 44.2. The Kier molecular flexibility index (Phi) is 4.81. The maximum atomic E-state index is 11.4. The number of carbonyl (C=O) groups is 4. The summed E-state index contributed by atoms with van der Waals surface area (Å²) in [6.07, 6.45) is -4.51. The molecule has 0 amide bonds. The largest absolute Gasteiger partial charge is 0.386 e. The summed E-state index contributed by atoms with van der Waals surface area (Å²) >= 11 is 0. The number of aliphatic hydroxyl groups excluding tert-OH is 2. The van der Waals surface area contributed by atoms with Gasteiger partial charge in [0.1, 0.15) is 12.2 Å². The van der Waals surface area contributed by atoms with Crippen LogP contribution in [-0.2, 0) is 19.2 Å². The van der Waals surface area contributed by atoms with E-state index in [2.05, 4.69) is 0 Å². The molecule has 3 unspecified atom stereocenters. The van der Waals surface area contributed by atoms with Gasteiger partial charge in [0, 0.05) is 6.92 Å². The van der Waals surface area contributed by atoms with Crippen molar-refractivity contribution in [3.05, 3.63) is 0 Å². The minimum absolute atomic E-state index is 0.761. The molecule has 3 N–H and O–H groups in total. The summed E-state index contributed by atoms with van der Waals surface area (Å²) in [6, 6.07) is 0. The number of hydrogen-bond acceptors (Lipinski definition) is 7. The van der Waals surface area contributed by atoms with Crippen LogP contribution in [0.25, 0.3) is 0 Å². The lowest BCUT2D eigenvalue weighted by molar-refractivity contribution is -0.174. The fourth-order valence-electron chi connectivity index (χ4n) is 1.22. The van der Waals surface area contributed by atoms with E-state index < -0.39 is 40.9 Å². The molecule has 0 aromatic heterocycles. The van der Waals surface area contributed by atoms with Crippen LogP contribution in [0.1, 0.15) is 20.8 Å². The average Bonchev–Trinajstić information content (AvgIpc) is 2.23. The number of rotatable bonds is 6. The van der Waals surface area contributed by atoms with Crippen LogP contribution in [0, 0.1) is 0 Å². The molecular weight excluding hydrogens is 232 g/mol. The smallest absolute Gasteiger partial charge is 0.239 e. The van der Waals surface area contributed by atoms with Gasteiger partial charge in [0.05, 0.1) is 0 Å². The van der Waals surface area contributed by atoms with E-state index in [0.717, 1.165) is 20.8 Å². The minimum Gasteiger partial charge on any atom is -0.386 e. The van der Waals surface area contributed by atoms with Crippen molar-refractivity contribution in [1.29, 1.82) is 0 Å². The number of ketones is 4. The highest BCUT2D eigenvalue weighted by molar-refractivity contribution is 6.44. The summed E-state index contributed by atoms with van der Waals surface area (Å²) in [5, 5.41) is 28.5. The molecule has 0 spiro atoms. The Morgan fingerprint density at radius 1 is 1.00 bits per heavy atom. The van der Waals surface area contributed by atoms with Gasteiger partial charge in [-0.1, -0.05) is 0 Å². The zero-order chi connectivity index (χ0) is 14.0. The molecule has 0 rings (SSSR count). The first-order valence-electron chi connectivity index (χ1n) is 4.72. The molecule has 0 saturated carbocycles. The van der Waals surface area contributed by atoms with E-state index in [0.29, 0.717) is 0 Å². The molecule has 0 aliphatic carbocycles. The quantitative estimate of drug-likeness (QED) is 0.357. The number of Topliss-reactive ketones (excluding diaryl/α,β-unsaturated/α-hetero) is 4. The maximum absolute atomic E-state index is 11.4. The van der Waals surface area contributed by atoms with Crippen molar-refractivity contribution in [3.8, 4) is 0 Å². The van der Waals surface area contributed by atoms with Crippen LogP contribution >= 0.6 is 0 Å². The highest BCUT2D eigenvalue weighted by atomic mass is 16.4. The predicted molar refractivity (Wildman–Crippen MR) is 54.0 cm³/mol. The van der Waals surface area contributed by atoms with E-state index in [4.69, 9.17) is 0 Å². The van der Waals surface area contributed by atoms with Crippen molar-refractivity contribution < 1.29 is 34.5 Å². The van der Waals surface area contributed by atoms with Crippen molar-refractivity contribution in [1.82, 2.24) is 0 Å². The first-order chi connectivity index (χ1) is 7.56. The SMILES string of the molecule is CC(=O)C(=O)C(O)(C(C)=O)C(O)C(O)C(C)=O. The maximum Gasteiger partial charge on any atom is 0.239 e. The highest BCUT2D eigenvalue weighted by Gasteiger charge is 2.52. The van der Waals surface area contributed by atoms with Crippen LogP contribution in [0.5, 0.6) is 0 Å². The molecule has 0 heterocycles. The molecule has 0 radical (unpaired) electrons. The molecule has 0 aromatic rings. The van der Waals surface area contributed by atoms with Gasteiger partial charge < -0.3 is 15.3 Å². The third kappa shape index (κ3) is 2.82. The Balaban J connectivity index is 5.51. The van der Waals surface area contributed by atoms with E-state index >= 15 is 0 Å². The lowest BCUT2D eigenvalue weighted by Gasteiger charge is -2.30. The molecule has 0 bridgehead atoms. The molecule has 0 saturated heterocycles. The highest BCUT2D eigenvalue weighted by Crippen LogP contribution is 2.18. The molecule has 0 aliphatic heterocycles. The van der Waals surface area contributed by atoms with Gasteiger partial charge in [0.25, 0.3) is 0 Å². The second-order valence-electron chi connectivity index (χ2n) is 3.71. The summed E-state index contributed by atoms with van der Waals surface area (Å²) < 4.78 is 0. The van der Waals surface area contributed by atoms with Gasteiger partial charge in [-0.3, -0.25) is 19.2 Å². The molecule has 0 aromatic carbocycles. The van der Waals surface area contributed by atoms with Crippen molar-refractivity contribution >= 4 is 23.1 Å². The van der Waals surface area contributed by atoms with Crippen molar-refractivity contribution in [2.75, 3.05) is 0 Å². The Morgan fingerprint density at radius 3 is 1.65 bits per heavy atom. The van der Waals surface area contributed by atoms with E-state index in [1.165, 1.54) is 0 Å². The summed E-state index contributed by atoms with van der Waals surface area (Å²) in [7, 11) is 0. The fraction of sp³-hybridized carbons (Fsp3) is 0.600. The lowest BCUT2D eigenvalue weighted by atomic mass is 9.82. The molecule has 0 aliphatic rings. The van der Waals surface area contributed by atoms with E-state index in [1.807, 2.05) is 0 Å². The van der Waals surface area contributed by atoms with Gasteiger partial charge in [-0.2, -0.15) is 0 Å². The summed E-state index contributed by atoms with van der Waals surface area (Å²) in [5.41, 5.74) is -3.10. The Hall–Kier alpha value is -1.44. The van der Waals surface area contributed by atoms with E-state index in [9.17, 15) is 34.5 Å². The van der Waals surface area contributed by atoms with Gasteiger partial charge >= 0.3 is 0 Å². The first-order valence-corrected chi connectivity index (χ1v) is 4.72. The van der Waals surface area contributed by atoms with Gasteiger partial charge in [0.15, 0.2) is 17.3 Å². The van der Waals surface area contributed by atoms with E-state index in [1.54, 1.807) is 0 Å². The molecule has 17 heavy (non-hydrogen) atoms. The van der Waals surface area contributed by atoms with Crippen molar-refractivity contribution in [3.63, 3.8) is 0 Å². The van der Waals surface area contributed by atoms with Gasteiger partial charge in [0.2, 0.25) is 11.4 Å². The zero-order valence-electron chi connectivity index (χ0n) is 9.63. The number of aliphatic hydroxyl groups is 3. The third-order valence-corrected chi connectivity index (χ3v) is 2.35. The Bertz CT molecular complexity index is 373. The topological polar surface area (TPSA) is 129 Å². The summed E-state index contributed by atoms with van der Waals surface area (Å²) in [6.45, 7) is 2.45. The van der Waals surface area contributed by atoms with Crippen LogP contribution in [0.3, 0.4) is 0 Å². The predicted octanol–water partition coefficient (Wildman–Crippen LogP) is -2.22. The van der Waals surface area contributed by atoms with Gasteiger partial charge in [-0.05, 0) is 13.8 Å². The van der Waals surface area contributed by atoms with Gasteiger partial charge in [-0.15, -0.1) is 0 Å². The normalized spacial score (nSPS) is 17.8. The Morgan fingerprint density at radius 2 is 1.41 bits per heavy atom. The zero-order valence-corrected chi connectivity index (χ0v) is 9.63. The second kappa shape index (κ2) is 5.26. The second-order valence-corrected chi connectivity index (χ2v) is 3.71. The van der Waals surface area contributed by atoms with Crippen molar-refractivity contribution in [2.24, 2.45) is 0 Å². The number of carbonyl (C=O) groups excluding carboxylic acids is 4. The standard InChI is InChI=1S/C10H14O7/c1-4(11)7(14)9(16)10(17,6(3)13)8(15)5(2)12/h7,9,14,16-17H,1-3H3. The van der Waals surface area contributed by atoms with Crippen LogP contribution in [-0.4, -0.2) is 56.3 Å². The average molecular weight is 246 g/mol. The lowest BCUT2D eigenvalue weighted by Crippen LogP contribution is -2.62. The Labute approximate surface area is 97.1 Å². The number of hydrogen-bond donors (Lipinski definition) is 3. The third-order valence-electron chi connectivity index (χ3n) is 2.35. The molecule has 7 heteroatoms. The van der Waals surface area contributed by atoms with Gasteiger partial charge in [-0.25, -0.2) is 0 Å². The van der Waals surface area contributed by atoms with Crippen LogP contribution in [0.15, 0.2) is 0 Å². The van der Waals surface area contributed by atoms with Crippen LogP contribution in [0.2, 0.25) is 0 Å². The van der Waals surface area contributed by atoms with Crippen molar-refractivity contribution in [2.45, 2.75) is 38.6 Å². The summed E-state index contributed by atoms with van der Waals surface area (Å²) in [5.74, 6) is -4.92.